The number of imide groups is 2. The van der Waals surface area contributed by atoms with E-state index in [-0.39, 0.29) is 23.6 Å². The highest BCUT2D eigenvalue weighted by Gasteiger charge is 2.28. The molecule has 0 saturated carbocycles. The average Bonchev–Trinajstić information content (AvgIpc) is 2.69. The summed E-state index contributed by atoms with van der Waals surface area (Å²) in [6, 6.07) is 9.79. The van der Waals surface area contributed by atoms with E-state index >= 15 is 0 Å². The molecule has 29 heavy (non-hydrogen) atoms. The lowest BCUT2D eigenvalue weighted by Gasteiger charge is -2.15. The van der Waals surface area contributed by atoms with E-state index in [1.54, 1.807) is 30.3 Å². The molecule has 0 aliphatic carbocycles. The predicted octanol–water partition coefficient (Wildman–Crippen LogP) is 1.93. The van der Waals surface area contributed by atoms with Crippen LogP contribution in [0.2, 0.25) is 0 Å². The molecule has 2 aromatic rings. The number of nitrogens with zero attached hydrogens (tertiary/aromatic N) is 1. The number of hydrogen-bond donors (Lipinski definition) is 2. The first kappa shape index (κ1) is 19.5. The van der Waals surface area contributed by atoms with Crippen molar-refractivity contribution in [2.75, 3.05) is 7.11 Å². The summed E-state index contributed by atoms with van der Waals surface area (Å²) < 4.78 is 10.9. The first-order valence-electron chi connectivity index (χ1n) is 8.30. The van der Waals surface area contributed by atoms with Crippen molar-refractivity contribution in [3.05, 3.63) is 69.3 Å². The standard InChI is InChI=1S/C19H15N3O7/c1-28-14-6-5-12(8-15-17(23)20-19(25)21-18(15)24)16(9-14)29-10-11-3-2-4-13(7-11)22(26)27/h2-9H,10H2,1H3,(H2,20,21,23,24,25). The largest absolute Gasteiger partial charge is 0.497 e. The minimum Gasteiger partial charge on any atom is -0.497 e. The molecule has 2 N–H and O–H groups in total. The molecule has 0 bridgehead atoms. The molecule has 3 rings (SSSR count). The molecule has 1 saturated heterocycles. The highest BCUT2D eigenvalue weighted by molar-refractivity contribution is 6.31. The smallest absolute Gasteiger partial charge is 0.328 e. The zero-order valence-corrected chi connectivity index (χ0v) is 15.1. The maximum absolute atomic E-state index is 11.9. The fourth-order valence-electron chi connectivity index (χ4n) is 2.57. The predicted molar refractivity (Wildman–Crippen MR) is 100 cm³/mol. The third kappa shape index (κ3) is 4.56. The molecule has 0 spiro atoms. The van der Waals surface area contributed by atoms with Gasteiger partial charge < -0.3 is 9.47 Å². The molecule has 1 fully saturated rings. The Morgan fingerprint density at radius 3 is 2.45 bits per heavy atom. The molecule has 148 valence electrons. The van der Waals surface area contributed by atoms with Crippen LogP contribution in [0.1, 0.15) is 11.1 Å². The molecule has 0 atom stereocenters. The number of urea groups is 1. The zero-order chi connectivity index (χ0) is 21.0. The number of non-ortho nitro benzene ring substituents is 1. The van der Waals surface area contributed by atoms with Gasteiger partial charge in [0.2, 0.25) is 0 Å². The number of carbonyl (C=O) groups excluding carboxylic acids is 3. The lowest BCUT2D eigenvalue weighted by molar-refractivity contribution is -0.384. The second kappa shape index (κ2) is 8.21. The van der Waals surface area contributed by atoms with E-state index in [0.29, 0.717) is 16.9 Å². The summed E-state index contributed by atoms with van der Waals surface area (Å²) in [6.45, 7) is 0.00188. The molecule has 4 amide bonds. The number of nitro benzene ring substituents is 1. The van der Waals surface area contributed by atoms with E-state index in [0.717, 1.165) is 0 Å². The number of methoxy groups -OCH3 is 1. The van der Waals surface area contributed by atoms with Crippen molar-refractivity contribution < 1.29 is 28.8 Å². The van der Waals surface area contributed by atoms with Gasteiger partial charge in [-0.1, -0.05) is 12.1 Å². The monoisotopic (exact) mass is 397 g/mol. The van der Waals surface area contributed by atoms with Gasteiger partial charge in [-0.15, -0.1) is 0 Å². The molecule has 1 heterocycles. The lowest BCUT2D eigenvalue weighted by Crippen LogP contribution is -2.51. The Bertz CT molecular complexity index is 1020. The molecule has 2 aromatic carbocycles. The van der Waals surface area contributed by atoms with Crippen LogP contribution in [0, 0.1) is 10.1 Å². The van der Waals surface area contributed by atoms with Gasteiger partial charge in [-0.05, 0) is 23.8 Å². The minimum atomic E-state index is -0.894. The Morgan fingerprint density at radius 2 is 1.79 bits per heavy atom. The van der Waals surface area contributed by atoms with Crippen molar-refractivity contribution in [1.29, 1.82) is 0 Å². The van der Waals surface area contributed by atoms with Crippen LogP contribution < -0.4 is 20.1 Å². The molecular formula is C19H15N3O7. The van der Waals surface area contributed by atoms with Crippen LogP contribution in [0.4, 0.5) is 10.5 Å². The summed E-state index contributed by atoms with van der Waals surface area (Å²) in [4.78, 5) is 45.5. The molecule has 0 radical (unpaired) electrons. The van der Waals surface area contributed by atoms with Crippen LogP contribution in [-0.2, 0) is 16.2 Å². The van der Waals surface area contributed by atoms with Crippen LogP contribution in [0.3, 0.4) is 0 Å². The number of nitrogens with one attached hydrogen (secondary N) is 2. The van der Waals surface area contributed by atoms with E-state index < -0.39 is 22.8 Å². The summed E-state index contributed by atoms with van der Waals surface area (Å²) >= 11 is 0. The number of nitro groups is 1. The molecule has 10 heteroatoms. The van der Waals surface area contributed by atoms with Gasteiger partial charge in [0.25, 0.3) is 17.5 Å². The van der Waals surface area contributed by atoms with Gasteiger partial charge in [-0.25, -0.2) is 4.79 Å². The van der Waals surface area contributed by atoms with Gasteiger partial charge in [0, 0.05) is 23.8 Å². The second-order valence-electron chi connectivity index (χ2n) is 5.91. The summed E-state index contributed by atoms with van der Waals surface area (Å²) in [6.07, 6.45) is 1.28. The van der Waals surface area contributed by atoms with Crippen molar-refractivity contribution in [1.82, 2.24) is 10.6 Å². The Balaban J connectivity index is 1.90. The SMILES string of the molecule is COc1ccc(C=C2C(=O)NC(=O)NC2=O)c(OCc2cccc([N+](=O)[O-])c2)c1. The fraction of sp³-hybridized carbons (Fsp3) is 0.105. The lowest BCUT2D eigenvalue weighted by atomic mass is 10.1. The van der Waals surface area contributed by atoms with Gasteiger partial charge in [0.15, 0.2) is 0 Å². The van der Waals surface area contributed by atoms with E-state index in [9.17, 15) is 24.5 Å². The van der Waals surface area contributed by atoms with Gasteiger partial charge in [-0.2, -0.15) is 0 Å². The number of carbonyl (C=O) groups is 3. The Kier molecular flexibility index (Phi) is 5.54. The quantitative estimate of drug-likeness (QED) is 0.329. The minimum absolute atomic E-state index is 0.00188. The van der Waals surface area contributed by atoms with E-state index in [1.807, 2.05) is 10.6 Å². The van der Waals surface area contributed by atoms with E-state index in [1.165, 1.54) is 25.3 Å². The van der Waals surface area contributed by atoms with Gasteiger partial charge in [0.05, 0.1) is 12.0 Å². The van der Waals surface area contributed by atoms with Crippen molar-refractivity contribution in [3.63, 3.8) is 0 Å². The highest BCUT2D eigenvalue weighted by atomic mass is 16.6. The fourth-order valence-corrected chi connectivity index (χ4v) is 2.57. The Labute approximate surface area is 164 Å². The van der Waals surface area contributed by atoms with Crippen LogP contribution in [0.5, 0.6) is 11.5 Å². The maximum Gasteiger partial charge on any atom is 0.328 e. The first-order chi connectivity index (χ1) is 13.9. The molecule has 0 aromatic heterocycles. The Morgan fingerprint density at radius 1 is 1.07 bits per heavy atom. The number of amides is 4. The zero-order valence-electron chi connectivity index (χ0n) is 15.1. The first-order valence-corrected chi connectivity index (χ1v) is 8.30. The van der Waals surface area contributed by atoms with Gasteiger partial charge >= 0.3 is 6.03 Å². The molecular weight excluding hydrogens is 382 g/mol. The molecule has 1 aliphatic heterocycles. The van der Waals surface area contributed by atoms with E-state index in [2.05, 4.69) is 0 Å². The molecule has 1 aliphatic rings. The third-order valence-corrected chi connectivity index (χ3v) is 3.98. The molecule has 0 unspecified atom stereocenters. The number of benzene rings is 2. The van der Waals surface area contributed by atoms with Crippen molar-refractivity contribution in [2.45, 2.75) is 6.61 Å². The third-order valence-electron chi connectivity index (χ3n) is 3.98. The maximum atomic E-state index is 11.9. The normalized spacial score (nSPS) is 13.4. The average molecular weight is 397 g/mol. The van der Waals surface area contributed by atoms with Crippen LogP contribution in [0.25, 0.3) is 6.08 Å². The van der Waals surface area contributed by atoms with E-state index in [4.69, 9.17) is 9.47 Å². The summed E-state index contributed by atoms with van der Waals surface area (Å²) in [7, 11) is 1.46. The van der Waals surface area contributed by atoms with Crippen LogP contribution in [-0.4, -0.2) is 29.9 Å². The number of hydrogen-bond acceptors (Lipinski definition) is 7. The van der Waals surface area contributed by atoms with Crippen LogP contribution in [0.15, 0.2) is 48.0 Å². The summed E-state index contributed by atoms with van der Waals surface area (Å²) in [5.74, 6) is -0.923. The number of barbiturate groups is 1. The topological polar surface area (TPSA) is 137 Å². The van der Waals surface area contributed by atoms with Crippen molar-refractivity contribution in [3.8, 4) is 11.5 Å². The van der Waals surface area contributed by atoms with Gasteiger partial charge in [0.1, 0.15) is 23.7 Å². The number of rotatable bonds is 6. The summed E-state index contributed by atoms with van der Waals surface area (Å²) in [5.41, 5.74) is 0.597. The number of ether oxygens (including phenoxy) is 2. The van der Waals surface area contributed by atoms with Crippen LogP contribution >= 0.6 is 0 Å². The van der Waals surface area contributed by atoms with Crippen molar-refractivity contribution >= 4 is 29.6 Å². The molecule has 10 nitrogen and oxygen atoms in total. The van der Waals surface area contributed by atoms with Crippen molar-refractivity contribution in [2.24, 2.45) is 0 Å². The second-order valence-corrected chi connectivity index (χ2v) is 5.91. The Hall–Kier alpha value is -4.21. The van der Waals surface area contributed by atoms with Gasteiger partial charge in [-0.3, -0.25) is 30.3 Å². The summed E-state index contributed by atoms with van der Waals surface area (Å²) in [5, 5.41) is 14.9. The highest BCUT2D eigenvalue weighted by Crippen LogP contribution is 2.28.